The molecule has 0 aliphatic carbocycles. The van der Waals surface area contributed by atoms with Gasteiger partial charge in [0.15, 0.2) is 0 Å². The summed E-state index contributed by atoms with van der Waals surface area (Å²) in [5, 5.41) is 3.87. The van der Waals surface area contributed by atoms with Crippen molar-refractivity contribution >= 4 is 17.8 Å². The normalized spacial score (nSPS) is 24.2. The third-order valence-electron chi connectivity index (χ3n) is 5.27. The van der Waals surface area contributed by atoms with E-state index in [1.165, 1.54) is 5.56 Å². The van der Waals surface area contributed by atoms with Crippen LogP contribution >= 0.6 is 11.8 Å². The first-order valence-electron chi connectivity index (χ1n) is 8.97. The van der Waals surface area contributed by atoms with Crippen molar-refractivity contribution in [1.29, 1.82) is 0 Å². The van der Waals surface area contributed by atoms with E-state index >= 15 is 0 Å². The second kappa shape index (κ2) is 8.26. The number of nitrogens with one attached hydrogen (secondary N) is 1. The molecule has 1 aromatic carbocycles. The Morgan fingerprint density at radius 2 is 2.04 bits per heavy atom. The minimum Gasteiger partial charge on any atom is -0.381 e. The summed E-state index contributed by atoms with van der Waals surface area (Å²) in [5.74, 6) is 1.03. The van der Waals surface area contributed by atoms with Crippen molar-refractivity contribution in [2.75, 3.05) is 38.6 Å². The van der Waals surface area contributed by atoms with E-state index in [9.17, 15) is 4.79 Å². The molecule has 0 spiro atoms. The van der Waals surface area contributed by atoms with Crippen LogP contribution in [0, 0.1) is 0 Å². The van der Waals surface area contributed by atoms with Gasteiger partial charge < -0.3 is 15.0 Å². The number of thioether (sulfide) groups is 1. The van der Waals surface area contributed by atoms with Gasteiger partial charge in [-0.15, -0.1) is 0 Å². The highest BCUT2D eigenvalue weighted by molar-refractivity contribution is 7.99. The lowest BCUT2D eigenvalue weighted by molar-refractivity contribution is 0.0501. The number of carbonyl (C=O) groups is 1. The van der Waals surface area contributed by atoms with E-state index in [2.05, 4.69) is 36.5 Å². The Morgan fingerprint density at radius 1 is 1.29 bits per heavy atom. The van der Waals surface area contributed by atoms with E-state index in [0.29, 0.717) is 11.8 Å². The van der Waals surface area contributed by atoms with Crippen LogP contribution in [0.5, 0.6) is 0 Å². The summed E-state index contributed by atoms with van der Waals surface area (Å²) < 4.78 is 5.57. The number of ether oxygens (including phenoxy) is 1. The lowest BCUT2D eigenvalue weighted by atomic mass is 9.74. The van der Waals surface area contributed by atoms with Gasteiger partial charge in [-0.05, 0) is 24.8 Å². The molecular weight excluding hydrogens is 320 g/mol. The second-order valence-electron chi connectivity index (χ2n) is 6.87. The predicted octanol–water partition coefficient (Wildman–Crippen LogP) is 3.27. The van der Waals surface area contributed by atoms with Gasteiger partial charge in [-0.3, -0.25) is 0 Å². The van der Waals surface area contributed by atoms with Crippen LogP contribution in [0.1, 0.15) is 31.7 Å². The lowest BCUT2D eigenvalue weighted by Gasteiger charge is -2.38. The summed E-state index contributed by atoms with van der Waals surface area (Å²) in [6, 6.07) is 10.7. The van der Waals surface area contributed by atoms with Crippen molar-refractivity contribution in [2.45, 2.75) is 36.9 Å². The maximum atomic E-state index is 12.6. The number of hydrogen-bond acceptors (Lipinski definition) is 3. The number of nitrogens with zero attached hydrogens (tertiary/aromatic N) is 1. The minimum atomic E-state index is 0.00304. The maximum absolute atomic E-state index is 12.6. The molecule has 2 amide bonds. The van der Waals surface area contributed by atoms with Crippen LogP contribution in [0.25, 0.3) is 0 Å². The number of amides is 2. The molecule has 0 radical (unpaired) electrons. The fourth-order valence-corrected chi connectivity index (χ4v) is 4.58. The SMILES string of the molecule is C[C@H]1CCN(C(=O)NCC2(c3ccccc3)CCOCC2)CCS1. The topological polar surface area (TPSA) is 41.6 Å². The summed E-state index contributed by atoms with van der Waals surface area (Å²) in [7, 11) is 0. The third kappa shape index (κ3) is 4.25. The van der Waals surface area contributed by atoms with Crippen LogP contribution in [-0.2, 0) is 10.2 Å². The summed E-state index contributed by atoms with van der Waals surface area (Å²) >= 11 is 1.96. The number of rotatable bonds is 3. The van der Waals surface area contributed by atoms with Crippen molar-refractivity contribution in [3.63, 3.8) is 0 Å². The van der Waals surface area contributed by atoms with Crippen LogP contribution in [-0.4, -0.2) is 54.8 Å². The minimum absolute atomic E-state index is 0.00304. The van der Waals surface area contributed by atoms with Crippen LogP contribution < -0.4 is 5.32 Å². The Kier molecular flexibility index (Phi) is 6.06. The van der Waals surface area contributed by atoms with E-state index in [1.807, 2.05) is 22.7 Å². The third-order valence-corrected chi connectivity index (χ3v) is 6.49. The molecule has 1 N–H and O–H groups in total. The zero-order valence-corrected chi connectivity index (χ0v) is 15.3. The number of benzene rings is 1. The van der Waals surface area contributed by atoms with E-state index < -0.39 is 0 Å². The summed E-state index contributed by atoms with van der Waals surface area (Å²) in [6.45, 7) is 6.19. The van der Waals surface area contributed by atoms with Crippen molar-refractivity contribution in [3.8, 4) is 0 Å². The standard InChI is InChI=1S/C19H28N2O2S/c1-16-7-10-21(11-14-24-16)18(22)20-15-19(8-12-23-13-9-19)17-5-3-2-4-6-17/h2-6,16H,7-15H2,1H3,(H,20,22)/t16-/m0/s1. The zero-order valence-electron chi connectivity index (χ0n) is 14.5. The van der Waals surface area contributed by atoms with E-state index in [0.717, 1.165) is 51.3 Å². The van der Waals surface area contributed by atoms with Crippen molar-refractivity contribution in [3.05, 3.63) is 35.9 Å². The first kappa shape index (κ1) is 17.6. The number of carbonyl (C=O) groups excluding carboxylic acids is 1. The van der Waals surface area contributed by atoms with E-state index in [1.54, 1.807) is 0 Å². The van der Waals surface area contributed by atoms with Gasteiger partial charge in [0, 0.05) is 49.3 Å². The maximum Gasteiger partial charge on any atom is 0.317 e. The van der Waals surface area contributed by atoms with E-state index in [-0.39, 0.29) is 11.4 Å². The van der Waals surface area contributed by atoms with Gasteiger partial charge >= 0.3 is 6.03 Å². The Labute approximate surface area is 149 Å². The Bertz CT molecular complexity index is 531. The molecule has 24 heavy (non-hydrogen) atoms. The smallest absolute Gasteiger partial charge is 0.317 e. The molecule has 2 saturated heterocycles. The van der Waals surface area contributed by atoms with Crippen LogP contribution in [0.3, 0.4) is 0 Å². The molecule has 132 valence electrons. The molecule has 1 aromatic rings. The molecule has 3 rings (SSSR count). The summed E-state index contributed by atoms with van der Waals surface area (Å²) in [4.78, 5) is 14.6. The fourth-order valence-electron chi connectivity index (χ4n) is 3.58. The summed E-state index contributed by atoms with van der Waals surface area (Å²) in [6.07, 6.45) is 3.00. The highest BCUT2D eigenvalue weighted by atomic mass is 32.2. The molecule has 2 fully saturated rings. The Balaban J connectivity index is 1.64. The van der Waals surface area contributed by atoms with Crippen LogP contribution in [0.2, 0.25) is 0 Å². The van der Waals surface area contributed by atoms with Crippen LogP contribution in [0.15, 0.2) is 30.3 Å². The molecule has 2 aliphatic rings. The molecule has 1 atom stereocenters. The van der Waals surface area contributed by atoms with E-state index in [4.69, 9.17) is 4.74 Å². The largest absolute Gasteiger partial charge is 0.381 e. The zero-order chi connectivity index (χ0) is 16.8. The van der Waals surface area contributed by atoms with Crippen molar-refractivity contribution < 1.29 is 9.53 Å². The van der Waals surface area contributed by atoms with Crippen LogP contribution in [0.4, 0.5) is 4.79 Å². The summed E-state index contributed by atoms with van der Waals surface area (Å²) in [5.41, 5.74) is 1.32. The monoisotopic (exact) mass is 348 g/mol. The molecule has 0 unspecified atom stereocenters. The quantitative estimate of drug-likeness (QED) is 0.911. The number of hydrogen-bond donors (Lipinski definition) is 1. The average Bonchev–Trinajstić information content (AvgIpc) is 2.86. The molecular formula is C19H28N2O2S. The Morgan fingerprint density at radius 3 is 2.79 bits per heavy atom. The van der Waals surface area contributed by atoms with Gasteiger partial charge in [0.05, 0.1) is 0 Å². The van der Waals surface area contributed by atoms with Gasteiger partial charge in [-0.2, -0.15) is 11.8 Å². The van der Waals surface area contributed by atoms with Gasteiger partial charge in [0.2, 0.25) is 0 Å². The fraction of sp³-hybridized carbons (Fsp3) is 0.632. The van der Waals surface area contributed by atoms with Gasteiger partial charge in [-0.1, -0.05) is 37.3 Å². The van der Waals surface area contributed by atoms with Gasteiger partial charge in [-0.25, -0.2) is 4.79 Å². The lowest BCUT2D eigenvalue weighted by Crippen LogP contribution is -2.49. The highest BCUT2D eigenvalue weighted by Gasteiger charge is 2.35. The van der Waals surface area contributed by atoms with Gasteiger partial charge in [0.25, 0.3) is 0 Å². The first-order chi connectivity index (χ1) is 11.7. The number of urea groups is 1. The molecule has 0 saturated carbocycles. The molecule has 0 aromatic heterocycles. The first-order valence-corrected chi connectivity index (χ1v) is 10.0. The van der Waals surface area contributed by atoms with Crippen molar-refractivity contribution in [1.82, 2.24) is 10.2 Å². The van der Waals surface area contributed by atoms with Crippen molar-refractivity contribution in [2.24, 2.45) is 0 Å². The predicted molar refractivity (Wildman–Crippen MR) is 99.7 cm³/mol. The van der Waals surface area contributed by atoms with Gasteiger partial charge in [0.1, 0.15) is 0 Å². The molecule has 0 bridgehead atoms. The molecule has 2 heterocycles. The Hall–Kier alpha value is -1.20. The molecule has 2 aliphatic heterocycles. The molecule has 5 heteroatoms. The average molecular weight is 349 g/mol. The molecule has 4 nitrogen and oxygen atoms in total. The highest BCUT2D eigenvalue weighted by Crippen LogP contribution is 2.34. The second-order valence-corrected chi connectivity index (χ2v) is 8.42.